The van der Waals surface area contributed by atoms with E-state index in [-0.39, 0.29) is 88.5 Å². The second kappa shape index (κ2) is 26.6. The van der Waals surface area contributed by atoms with Crippen LogP contribution >= 0.6 is 15.6 Å². The van der Waals surface area contributed by atoms with Crippen LogP contribution in [0.1, 0.15) is 91.9 Å². The third-order valence-electron chi connectivity index (χ3n) is 10.0. The first-order valence-electron chi connectivity index (χ1n) is 22.4. The molecule has 0 aliphatic heterocycles. The molecule has 4 amide bonds. The molecule has 0 saturated carbocycles. The van der Waals surface area contributed by atoms with Crippen molar-refractivity contribution in [2.45, 2.75) is 55.4 Å². The molecule has 2 aromatic heterocycles. The van der Waals surface area contributed by atoms with E-state index in [0.29, 0.717) is 26.2 Å². The van der Waals surface area contributed by atoms with Crippen molar-refractivity contribution < 1.29 is 112 Å². The summed E-state index contributed by atoms with van der Waals surface area (Å²) in [5.74, 6) is -0.910. The first-order valence-corrected chi connectivity index (χ1v) is 26.5. The molecule has 77 heavy (non-hydrogen) atoms. The average molecular weight is 1360 g/mol. The maximum atomic E-state index is 13.1. The second-order valence-electron chi connectivity index (χ2n) is 16.3. The smallest absolute Gasteiger partial charge is 0 e. The van der Waals surface area contributed by atoms with Crippen LogP contribution in [0, 0.1) is 58.8 Å². The van der Waals surface area contributed by atoms with Gasteiger partial charge in [-0.1, -0.05) is 82.9 Å². The number of benzene rings is 4. The molecule has 0 fully saturated rings. The predicted octanol–water partition coefficient (Wildman–Crippen LogP) is 16.6. The maximum absolute atomic E-state index is 13.1. The van der Waals surface area contributed by atoms with Gasteiger partial charge in [-0.15, -0.1) is 0 Å². The molecule has 0 radical (unpaired) electrons. The summed E-state index contributed by atoms with van der Waals surface area (Å²) in [4.78, 5) is 68.0. The molecule has 12 nitrogen and oxygen atoms in total. The summed E-state index contributed by atoms with van der Waals surface area (Å²) >= 11 is 0. The van der Waals surface area contributed by atoms with E-state index in [1.165, 1.54) is 0 Å². The molecule has 2 heterocycles. The van der Waals surface area contributed by atoms with Crippen molar-refractivity contribution in [2.75, 3.05) is 45.8 Å². The number of rotatable bonds is 12. The number of nitrogens with zero attached hydrogens (tertiary/aromatic N) is 6. The van der Waals surface area contributed by atoms with Crippen LogP contribution in [0.5, 0.6) is 0 Å². The number of halogens is 12. The van der Waals surface area contributed by atoms with Gasteiger partial charge in [-0.3, -0.25) is 19.2 Å². The number of hydrogen-bond acceptors (Lipinski definition) is 6. The van der Waals surface area contributed by atoms with Crippen LogP contribution in [0.25, 0.3) is 0 Å². The summed E-state index contributed by atoms with van der Waals surface area (Å²) < 4.78 is 118. The Morgan fingerprint density at radius 2 is 0.481 bits per heavy atom. The molecular formula is C50H54F12N6O6P2U-6. The van der Waals surface area contributed by atoms with Gasteiger partial charge in [0.25, 0.3) is 23.6 Å². The van der Waals surface area contributed by atoms with E-state index in [1.54, 1.807) is 56.0 Å². The Morgan fingerprint density at radius 3 is 0.610 bits per heavy atom. The Balaban J connectivity index is 0.00000117. The summed E-state index contributed by atoms with van der Waals surface area (Å²) in [5, 5.41) is 0. The Kier molecular flexibility index (Phi) is 24.5. The van der Waals surface area contributed by atoms with Crippen molar-refractivity contribution in [2.24, 2.45) is 0 Å². The third kappa shape index (κ3) is 26.8. The number of hydrogen-bond donors (Lipinski definition) is 0. The fraction of sp³-hybridized carbons (Fsp3) is 0.240. The van der Waals surface area contributed by atoms with Crippen molar-refractivity contribution in [1.29, 1.82) is 0 Å². The Labute approximate surface area is 461 Å². The summed E-state index contributed by atoms with van der Waals surface area (Å²) in [7, 11) is -21.3. The van der Waals surface area contributed by atoms with Gasteiger partial charge in [-0.05, 0) is 128 Å². The Bertz CT molecular complexity index is 2530. The third-order valence-corrected chi connectivity index (χ3v) is 10.0. The van der Waals surface area contributed by atoms with E-state index >= 15 is 0 Å². The molecule has 0 aliphatic carbocycles. The minimum atomic E-state index is -10.7. The van der Waals surface area contributed by atoms with Crippen LogP contribution in [-0.2, 0) is 11.0 Å². The second-order valence-corrected chi connectivity index (χ2v) is 20.1. The standard InChI is InChI=1S/2C25H27N3O2.2F6P.2O.U/c2*1-5-27(20-14-10-18(3)11-15-20)24(29)22-8-7-9-23(26-22)25(30)28(6-2)21-16-12-19(4)13-17-21;2*1-7(2,3,4,5)6;;;/h2*7-17H,5-6H2,1-4H3;;;;;/q;;2*-1;2*-2;. The fourth-order valence-corrected chi connectivity index (χ4v) is 6.57. The quantitative estimate of drug-likeness (QED) is 0.0874. The SMILES string of the molecule is CCN(C(=O)c1cccc(C(=O)N(CC)c2ccc(C)cc2)n1)c1ccc(C)cc1.CCN(C(=O)c1cccc(C(=O)N(CC)c2ccc(C)cc2)n1)c1ccc(C)cc1.F[P-](F)(F)(F)(F)F.F[P-](F)(F)(F)(F)F.[O-2].[O-2].[U]. The van der Waals surface area contributed by atoms with E-state index in [9.17, 15) is 69.5 Å². The molecule has 0 N–H and O–H groups in total. The van der Waals surface area contributed by atoms with Crippen molar-refractivity contribution in [3.63, 3.8) is 0 Å². The molecule has 0 aliphatic rings. The van der Waals surface area contributed by atoms with Crippen LogP contribution in [-0.4, -0.2) is 59.8 Å². The molecular weight excluding hydrogens is 1310 g/mol. The first-order chi connectivity index (χ1) is 33.8. The van der Waals surface area contributed by atoms with Crippen LogP contribution in [0.3, 0.4) is 0 Å². The summed E-state index contributed by atoms with van der Waals surface area (Å²) in [6, 6.07) is 41.1. The summed E-state index contributed by atoms with van der Waals surface area (Å²) in [6.45, 7) is 17.7. The number of amides is 4. The van der Waals surface area contributed by atoms with E-state index in [1.807, 2.05) is 152 Å². The van der Waals surface area contributed by atoms with Crippen LogP contribution < -0.4 is 19.6 Å². The molecule has 424 valence electrons. The molecule has 0 atom stereocenters. The zero-order chi connectivity index (χ0) is 56.2. The van der Waals surface area contributed by atoms with Gasteiger partial charge in [-0.2, -0.15) is 0 Å². The molecule has 6 rings (SSSR count). The molecule has 0 spiro atoms. The van der Waals surface area contributed by atoms with Crippen LogP contribution in [0.15, 0.2) is 133 Å². The van der Waals surface area contributed by atoms with E-state index in [2.05, 4.69) is 9.97 Å². The molecule has 0 saturated heterocycles. The minimum Gasteiger partial charge on any atom is -2.00 e. The zero-order valence-electron chi connectivity index (χ0n) is 42.6. The minimum absolute atomic E-state index is 0. The predicted molar refractivity (Wildman–Crippen MR) is 271 cm³/mol. The zero-order valence-corrected chi connectivity index (χ0v) is 48.5. The van der Waals surface area contributed by atoms with Gasteiger partial charge in [0, 0.05) is 80.0 Å². The number of carbonyl (C=O) groups excluding carboxylic acids is 4. The average Bonchev–Trinajstić information content (AvgIpc) is 3.30. The Morgan fingerprint density at radius 1 is 0.338 bits per heavy atom. The van der Waals surface area contributed by atoms with Crippen molar-refractivity contribution in [3.8, 4) is 0 Å². The fourth-order valence-electron chi connectivity index (χ4n) is 6.57. The van der Waals surface area contributed by atoms with E-state index in [4.69, 9.17) is 0 Å². The van der Waals surface area contributed by atoms with E-state index in [0.717, 1.165) is 45.0 Å². The summed E-state index contributed by atoms with van der Waals surface area (Å²) in [6.07, 6.45) is 0. The monoisotopic (exact) mass is 1360 g/mol. The number of anilines is 4. The first kappa shape index (κ1) is 71.1. The van der Waals surface area contributed by atoms with Crippen molar-refractivity contribution in [1.82, 2.24) is 9.97 Å². The van der Waals surface area contributed by atoms with Crippen LogP contribution in [0.4, 0.5) is 73.1 Å². The number of pyridine rings is 2. The maximum Gasteiger partial charge on any atom is 0 e. The van der Waals surface area contributed by atoms with Gasteiger partial charge in [-0.25, -0.2) is 9.97 Å². The van der Waals surface area contributed by atoms with Gasteiger partial charge in [0.1, 0.15) is 22.8 Å². The van der Waals surface area contributed by atoms with Gasteiger partial charge >= 0.3 is 66.0 Å². The largest absolute Gasteiger partial charge is 2.00 e. The molecule has 6 aromatic rings. The molecule has 27 heteroatoms. The Hall–Kier alpha value is -5.95. The van der Waals surface area contributed by atoms with Crippen molar-refractivity contribution >= 4 is 62.0 Å². The van der Waals surface area contributed by atoms with Gasteiger partial charge in [0.15, 0.2) is 0 Å². The molecule has 4 aromatic carbocycles. The van der Waals surface area contributed by atoms with E-state index < -0.39 is 15.6 Å². The van der Waals surface area contributed by atoms with Gasteiger partial charge < -0.3 is 30.6 Å². The summed E-state index contributed by atoms with van der Waals surface area (Å²) in [5.41, 5.74) is 8.75. The molecule has 0 bridgehead atoms. The van der Waals surface area contributed by atoms with Gasteiger partial charge in [0.2, 0.25) is 0 Å². The number of aromatic nitrogens is 2. The normalized spacial score (nSPS) is 12.4. The van der Waals surface area contributed by atoms with Crippen LogP contribution in [0.2, 0.25) is 0 Å². The molecule has 0 unspecified atom stereocenters. The number of carbonyl (C=O) groups is 4. The van der Waals surface area contributed by atoms with Crippen molar-refractivity contribution in [3.05, 3.63) is 178 Å². The number of aryl methyl sites for hydroxylation is 4. The van der Waals surface area contributed by atoms with Gasteiger partial charge in [0.05, 0.1) is 0 Å². The topological polar surface area (TPSA) is 164 Å².